The number of nitrogens with one attached hydrogen (secondary N) is 1. The second-order valence-electron chi connectivity index (χ2n) is 5.87. The van der Waals surface area contributed by atoms with Gasteiger partial charge in [-0.05, 0) is 19.4 Å². The van der Waals surface area contributed by atoms with Crippen molar-refractivity contribution in [2.45, 2.75) is 25.5 Å². The van der Waals surface area contributed by atoms with E-state index in [1.165, 1.54) is 28.0 Å². The lowest BCUT2D eigenvalue weighted by atomic mass is 10.2. The molecule has 2 aromatic rings. The number of thioether (sulfide) groups is 1. The van der Waals surface area contributed by atoms with Crippen molar-refractivity contribution in [2.24, 2.45) is 0 Å². The van der Waals surface area contributed by atoms with Crippen LogP contribution in [0.1, 0.15) is 10.4 Å². The first-order valence-electron chi connectivity index (χ1n) is 8.14. The van der Waals surface area contributed by atoms with Crippen LogP contribution in [0.15, 0.2) is 9.95 Å². The molecule has 1 N–H and O–H groups in total. The summed E-state index contributed by atoms with van der Waals surface area (Å²) < 4.78 is 6.65. The first-order chi connectivity index (χ1) is 12.4. The molecular weight excluding hydrogens is 376 g/mol. The number of nitrogens with zero attached hydrogens (tertiary/aromatic N) is 3. The number of methoxy groups -OCH3 is 1. The van der Waals surface area contributed by atoms with Crippen molar-refractivity contribution >= 4 is 45.3 Å². The zero-order valence-electron chi connectivity index (χ0n) is 14.8. The molecule has 0 atom stereocenters. The van der Waals surface area contributed by atoms with E-state index in [2.05, 4.69) is 10.3 Å². The van der Waals surface area contributed by atoms with Crippen molar-refractivity contribution < 1.29 is 14.3 Å². The van der Waals surface area contributed by atoms with E-state index in [1.807, 2.05) is 13.8 Å². The van der Waals surface area contributed by atoms with Crippen LogP contribution in [-0.2, 0) is 16.1 Å². The lowest BCUT2D eigenvalue weighted by Crippen LogP contribution is -2.35. The summed E-state index contributed by atoms with van der Waals surface area (Å²) >= 11 is 2.64. The van der Waals surface area contributed by atoms with Gasteiger partial charge in [0.2, 0.25) is 5.91 Å². The van der Waals surface area contributed by atoms with Gasteiger partial charge in [-0.2, -0.15) is 0 Å². The van der Waals surface area contributed by atoms with Crippen LogP contribution >= 0.6 is 23.1 Å². The van der Waals surface area contributed by atoms with Gasteiger partial charge >= 0.3 is 6.03 Å². The number of fused-ring (bicyclic) bond motifs is 1. The minimum absolute atomic E-state index is 0.0433. The molecule has 10 heteroatoms. The molecule has 26 heavy (non-hydrogen) atoms. The molecule has 1 aliphatic heterocycles. The van der Waals surface area contributed by atoms with Gasteiger partial charge in [-0.3, -0.25) is 19.1 Å². The minimum Gasteiger partial charge on any atom is -0.383 e. The highest BCUT2D eigenvalue weighted by atomic mass is 32.2. The van der Waals surface area contributed by atoms with Gasteiger partial charge < -0.3 is 10.1 Å². The number of hydrogen-bond acceptors (Lipinski definition) is 7. The molecular formula is C16H20N4O4S2. The summed E-state index contributed by atoms with van der Waals surface area (Å²) in [6.45, 7) is 5.43. The smallest absolute Gasteiger partial charge is 0.324 e. The van der Waals surface area contributed by atoms with Crippen LogP contribution in [0.3, 0.4) is 0 Å². The molecule has 140 valence electrons. The van der Waals surface area contributed by atoms with Gasteiger partial charge in [0, 0.05) is 25.1 Å². The summed E-state index contributed by atoms with van der Waals surface area (Å²) in [5.41, 5.74) is 0.817. The number of urea groups is 1. The molecule has 0 aliphatic carbocycles. The number of thiophene rings is 1. The number of aryl methyl sites for hydroxylation is 2. The molecule has 0 bridgehead atoms. The zero-order valence-corrected chi connectivity index (χ0v) is 16.5. The standard InChI is InChI=1S/C16H20N4O4S2/c1-9-10(2)26-13-12(9)14(22)20(6-7-24-3)16(18-13)25-8-11(21)19-5-4-17-15(19)23/h4-8H2,1-3H3,(H,17,23). The quantitative estimate of drug-likeness (QED) is 0.585. The summed E-state index contributed by atoms with van der Waals surface area (Å²) in [6.07, 6.45) is 0. The number of rotatable bonds is 6. The number of carbonyl (C=O) groups excluding carboxylic acids is 2. The summed E-state index contributed by atoms with van der Waals surface area (Å²) in [5, 5.41) is 3.69. The number of hydrogen-bond donors (Lipinski definition) is 1. The second-order valence-corrected chi connectivity index (χ2v) is 8.02. The van der Waals surface area contributed by atoms with Gasteiger partial charge in [0.05, 0.1) is 24.3 Å². The maximum absolute atomic E-state index is 12.9. The highest BCUT2D eigenvalue weighted by molar-refractivity contribution is 7.99. The van der Waals surface area contributed by atoms with E-state index >= 15 is 0 Å². The lowest BCUT2D eigenvalue weighted by molar-refractivity contribution is -0.124. The van der Waals surface area contributed by atoms with Gasteiger partial charge in [-0.1, -0.05) is 11.8 Å². The molecule has 0 radical (unpaired) electrons. The molecule has 8 nitrogen and oxygen atoms in total. The molecule has 3 heterocycles. The molecule has 0 aromatic carbocycles. The highest BCUT2D eigenvalue weighted by Gasteiger charge is 2.26. The molecule has 1 aliphatic rings. The maximum Gasteiger partial charge on any atom is 0.324 e. The van der Waals surface area contributed by atoms with E-state index in [-0.39, 0.29) is 23.3 Å². The second kappa shape index (κ2) is 7.77. The van der Waals surface area contributed by atoms with Crippen LogP contribution in [0.25, 0.3) is 10.2 Å². The average molecular weight is 396 g/mol. The fraction of sp³-hybridized carbons (Fsp3) is 0.500. The molecule has 2 aromatic heterocycles. The van der Waals surface area contributed by atoms with Crippen LogP contribution in [0.4, 0.5) is 4.79 Å². The van der Waals surface area contributed by atoms with Crippen molar-refractivity contribution in [3.05, 3.63) is 20.8 Å². The molecule has 0 unspecified atom stereocenters. The molecule has 1 fully saturated rings. The summed E-state index contributed by atoms with van der Waals surface area (Å²) in [6, 6.07) is -0.375. The predicted octanol–water partition coefficient (Wildman–Crippen LogP) is 1.37. The summed E-state index contributed by atoms with van der Waals surface area (Å²) in [4.78, 5) is 44.3. The van der Waals surface area contributed by atoms with Crippen molar-refractivity contribution in [1.29, 1.82) is 0 Å². The predicted molar refractivity (Wildman–Crippen MR) is 101 cm³/mol. The Morgan fingerprint density at radius 2 is 2.15 bits per heavy atom. The third kappa shape index (κ3) is 3.49. The van der Waals surface area contributed by atoms with Crippen molar-refractivity contribution in [3.8, 4) is 0 Å². The molecule has 0 saturated carbocycles. The first-order valence-corrected chi connectivity index (χ1v) is 9.94. The van der Waals surface area contributed by atoms with Crippen LogP contribution < -0.4 is 10.9 Å². The Bertz CT molecular complexity index is 921. The Morgan fingerprint density at radius 3 is 2.81 bits per heavy atom. The number of aromatic nitrogens is 2. The summed E-state index contributed by atoms with van der Waals surface area (Å²) in [5.74, 6) is -0.252. The lowest BCUT2D eigenvalue weighted by Gasteiger charge is -2.14. The van der Waals surface area contributed by atoms with E-state index in [0.717, 1.165) is 10.4 Å². The fourth-order valence-electron chi connectivity index (χ4n) is 2.71. The monoisotopic (exact) mass is 396 g/mol. The zero-order chi connectivity index (χ0) is 18.8. The topological polar surface area (TPSA) is 93.5 Å². The normalized spacial score (nSPS) is 14.3. The Kier molecular flexibility index (Phi) is 5.64. The van der Waals surface area contributed by atoms with Crippen LogP contribution in [0, 0.1) is 13.8 Å². The Balaban J connectivity index is 1.91. The largest absolute Gasteiger partial charge is 0.383 e. The third-order valence-corrected chi connectivity index (χ3v) is 6.32. The van der Waals surface area contributed by atoms with Gasteiger partial charge in [0.25, 0.3) is 5.56 Å². The van der Waals surface area contributed by atoms with Crippen LogP contribution in [0.2, 0.25) is 0 Å². The van der Waals surface area contributed by atoms with Gasteiger partial charge in [0.15, 0.2) is 5.16 Å². The molecule has 3 rings (SSSR count). The average Bonchev–Trinajstić information content (AvgIpc) is 3.15. The van der Waals surface area contributed by atoms with Crippen molar-refractivity contribution in [1.82, 2.24) is 19.8 Å². The number of carbonyl (C=O) groups is 2. The Labute approximate surface area is 158 Å². The molecule has 1 saturated heterocycles. The first kappa shape index (κ1) is 18.9. The van der Waals surface area contributed by atoms with E-state index in [0.29, 0.717) is 41.6 Å². The van der Waals surface area contributed by atoms with E-state index < -0.39 is 0 Å². The highest BCUT2D eigenvalue weighted by Crippen LogP contribution is 2.28. The fourth-order valence-corrected chi connectivity index (χ4v) is 4.68. The van der Waals surface area contributed by atoms with Gasteiger partial charge in [0.1, 0.15) is 4.83 Å². The van der Waals surface area contributed by atoms with Gasteiger partial charge in [-0.15, -0.1) is 11.3 Å². The van der Waals surface area contributed by atoms with Crippen molar-refractivity contribution in [3.63, 3.8) is 0 Å². The maximum atomic E-state index is 12.9. The molecule has 0 spiro atoms. The Morgan fingerprint density at radius 1 is 1.38 bits per heavy atom. The van der Waals surface area contributed by atoms with E-state index in [4.69, 9.17) is 4.74 Å². The minimum atomic E-state index is -0.375. The molecule has 3 amide bonds. The number of ether oxygens (including phenoxy) is 1. The van der Waals surface area contributed by atoms with E-state index in [9.17, 15) is 14.4 Å². The third-order valence-electron chi connectivity index (χ3n) is 4.26. The SMILES string of the molecule is COCCn1c(SCC(=O)N2CCNC2=O)nc2sc(C)c(C)c2c1=O. The van der Waals surface area contributed by atoms with E-state index in [1.54, 1.807) is 11.7 Å². The van der Waals surface area contributed by atoms with Crippen LogP contribution in [0.5, 0.6) is 0 Å². The van der Waals surface area contributed by atoms with Crippen molar-refractivity contribution in [2.75, 3.05) is 32.6 Å². The number of amides is 3. The number of imide groups is 1. The van der Waals surface area contributed by atoms with Crippen LogP contribution in [-0.4, -0.2) is 58.9 Å². The summed E-state index contributed by atoms with van der Waals surface area (Å²) in [7, 11) is 1.57. The Hall–Kier alpha value is -1.91. The van der Waals surface area contributed by atoms with Gasteiger partial charge in [-0.25, -0.2) is 9.78 Å².